The van der Waals surface area contributed by atoms with Gasteiger partial charge in [-0.25, -0.2) is 0 Å². The minimum absolute atomic E-state index is 0.265. The average Bonchev–Trinajstić information content (AvgIpc) is 2.42. The van der Waals surface area contributed by atoms with Crippen LogP contribution in [0.5, 0.6) is 17.2 Å². The second-order valence-electron chi connectivity index (χ2n) is 5.15. The highest BCUT2D eigenvalue weighted by Gasteiger charge is 2.33. The molecule has 0 amide bonds. The van der Waals surface area contributed by atoms with Crippen molar-refractivity contribution in [2.24, 2.45) is 11.7 Å². The van der Waals surface area contributed by atoms with E-state index in [1.54, 1.807) is 33.5 Å². The molecule has 1 aromatic carbocycles. The molecule has 0 aromatic heterocycles. The van der Waals surface area contributed by atoms with Crippen molar-refractivity contribution in [3.05, 3.63) is 17.7 Å². The summed E-state index contributed by atoms with van der Waals surface area (Å²) in [6, 6.07) is 2.98. The number of methoxy groups -OCH3 is 3. The van der Waals surface area contributed by atoms with E-state index < -0.39 is 12.1 Å². The third-order valence-corrected chi connectivity index (χ3v) is 4.09. The molecule has 2 atom stereocenters. The van der Waals surface area contributed by atoms with Gasteiger partial charge in [0.05, 0.1) is 39.0 Å². The van der Waals surface area contributed by atoms with Crippen LogP contribution in [0.2, 0.25) is 0 Å². The van der Waals surface area contributed by atoms with Gasteiger partial charge in [-0.05, 0) is 18.8 Å². The number of aliphatic hydroxyl groups is 1. The molecule has 3 N–H and O–H groups in total. The molecule has 0 aliphatic heterocycles. The van der Waals surface area contributed by atoms with E-state index in [0.717, 1.165) is 19.3 Å². The Bertz CT molecular complexity index is 434. The predicted molar refractivity (Wildman–Crippen MR) is 76.4 cm³/mol. The standard InChI is InChI=1S/C15H23NO4/c1-18-10-7-11(19-2)13(12(8-10)20-3)14(16)15(17)9-5-4-6-9/h7-9,14-15,17H,4-6,16H2,1-3H3/t14-,15+/m1/s1. The summed E-state index contributed by atoms with van der Waals surface area (Å²) in [5.41, 5.74) is 6.93. The zero-order valence-electron chi connectivity index (χ0n) is 12.3. The Morgan fingerprint density at radius 1 is 1.10 bits per heavy atom. The molecule has 1 saturated carbocycles. The monoisotopic (exact) mass is 281 g/mol. The van der Waals surface area contributed by atoms with Crippen LogP contribution in [-0.2, 0) is 0 Å². The summed E-state index contributed by atoms with van der Waals surface area (Å²) in [7, 11) is 4.72. The van der Waals surface area contributed by atoms with E-state index >= 15 is 0 Å². The summed E-state index contributed by atoms with van der Waals surface area (Å²) in [4.78, 5) is 0. The Hall–Kier alpha value is -1.46. The summed E-state index contributed by atoms with van der Waals surface area (Å²) in [5.74, 6) is 2.05. The van der Waals surface area contributed by atoms with Gasteiger partial charge in [0, 0.05) is 12.1 Å². The first-order chi connectivity index (χ1) is 9.62. The fourth-order valence-corrected chi connectivity index (χ4v) is 2.61. The largest absolute Gasteiger partial charge is 0.496 e. The van der Waals surface area contributed by atoms with Gasteiger partial charge in [0.25, 0.3) is 0 Å². The van der Waals surface area contributed by atoms with Crippen LogP contribution in [-0.4, -0.2) is 32.5 Å². The van der Waals surface area contributed by atoms with Crippen LogP contribution < -0.4 is 19.9 Å². The number of rotatable bonds is 6. The quantitative estimate of drug-likeness (QED) is 0.832. The van der Waals surface area contributed by atoms with E-state index in [1.165, 1.54) is 0 Å². The maximum atomic E-state index is 10.4. The molecule has 5 heteroatoms. The van der Waals surface area contributed by atoms with E-state index in [4.69, 9.17) is 19.9 Å². The summed E-state index contributed by atoms with van der Waals surface area (Å²) in [6.45, 7) is 0. The molecule has 112 valence electrons. The Morgan fingerprint density at radius 3 is 2.00 bits per heavy atom. The first kappa shape index (κ1) is 14.9. The van der Waals surface area contributed by atoms with Gasteiger partial charge in [-0.1, -0.05) is 6.42 Å². The lowest BCUT2D eigenvalue weighted by atomic mass is 9.77. The van der Waals surface area contributed by atoms with E-state index in [1.807, 2.05) is 0 Å². The first-order valence-electron chi connectivity index (χ1n) is 6.86. The fourth-order valence-electron chi connectivity index (χ4n) is 2.61. The van der Waals surface area contributed by atoms with Crippen molar-refractivity contribution in [2.45, 2.75) is 31.4 Å². The first-order valence-corrected chi connectivity index (χ1v) is 6.86. The van der Waals surface area contributed by atoms with Crippen LogP contribution in [0, 0.1) is 5.92 Å². The zero-order valence-corrected chi connectivity index (χ0v) is 12.3. The molecule has 0 bridgehead atoms. The number of aliphatic hydroxyl groups excluding tert-OH is 1. The van der Waals surface area contributed by atoms with Gasteiger partial charge in [0.1, 0.15) is 17.2 Å². The van der Waals surface area contributed by atoms with E-state index in [2.05, 4.69) is 0 Å². The minimum Gasteiger partial charge on any atom is -0.496 e. The van der Waals surface area contributed by atoms with Crippen LogP contribution in [0.25, 0.3) is 0 Å². The number of hydrogen-bond donors (Lipinski definition) is 2. The second-order valence-corrected chi connectivity index (χ2v) is 5.15. The van der Waals surface area contributed by atoms with Crippen molar-refractivity contribution in [1.82, 2.24) is 0 Å². The Labute approximate surface area is 119 Å². The van der Waals surface area contributed by atoms with Crippen molar-refractivity contribution in [3.63, 3.8) is 0 Å². The Balaban J connectivity index is 2.36. The molecule has 2 rings (SSSR count). The smallest absolute Gasteiger partial charge is 0.131 e. The molecule has 0 heterocycles. The normalized spacial score (nSPS) is 18.1. The molecule has 0 radical (unpaired) electrons. The maximum absolute atomic E-state index is 10.4. The van der Waals surface area contributed by atoms with Gasteiger partial charge in [0.2, 0.25) is 0 Å². The van der Waals surface area contributed by atoms with Crippen LogP contribution in [0.1, 0.15) is 30.9 Å². The van der Waals surface area contributed by atoms with Gasteiger partial charge >= 0.3 is 0 Å². The zero-order chi connectivity index (χ0) is 14.7. The van der Waals surface area contributed by atoms with Crippen LogP contribution >= 0.6 is 0 Å². The average molecular weight is 281 g/mol. The summed E-state index contributed by atoms with van der Waals surface area (Å²) in [6.07, 6.45) is 2.62. The molecular formula is C15H23NO4. The second kappa shape index (κ2) is 6.33. The molecule has 1 fully saturated rings. The number of nitrogens with two attached hydrogens (primary N) is 1. The van der Waals surface area contributed by atoms with Gasteiger partial charge in [-0.3, -0.25) is 0 Å². The van der Waals surface area contributed by atoms with Crippen molar-refractivity contribution >= 4 is 0 Å². The summed E-state index contributed by atoms with van der Waals surface area (Å²) < 4.78 is 16.0. The highest BCUT2D eigenvalue weighted by atomic mass is 16.5. The van der Waals surface area contributed by atoms with Gasteiger partial charge < -0.3 is 25.1 Å². The third kappa shape index (κ3) is 2.69. The molecule has 1 aliphatic rings. The Morgan fingerprint density at radius 2 is 1.65 bits per heavy atom. The van der Waals surface area contributed by atoms with Crippen LogP contribution in [0.4, 0.5) is 0 Å². The molecule has 0 saturated heterocycles. The third-order valence-electron chi connectivity index (χ3n) is 4.09. The lowest BCUT2D eigenvalue weighted by Crippen LogP contribution is -2.36. The number of ether oxygens (including phenoxy) is 3. The van der Waals surface area contributed by atoms with Crippen molar-refractivity contribution in [2.75, 3.05) is 21.3 Å². The molecular weight excluding hydrogens is 258 g/mol. The van der Waals surface area contributed by atoms with Crippen molar-refractivity contribution in [3.8, 4) is 17.2 Å². The van der Waals surface area contributed by atoms with Crippen molar-refractivity contribution in [1.29, 1.82) is 0 Å². The molecule has 1 aliphatic carbocycles. The number of benzene rings is 1. The SMILES string of the molecule is COc1cc(OC)c([C@@H](N)[C@@H](O)C2CCC2)c(OC)c1. The Kier molecular flexibility index (Phi) is 4.73. The van der Waals surface area contributed by atoms with Gasteiger partial charge in [0.15, 0.2) is 0 Å². The lowest BCUT2D eigenvalue weighted by Gasteiger charge is -2.34. The van der Waals surface area contributed by atoms with Gasteiger partial charge in [-0.15, -0.1) is 0 Å². The summed E-state index contributed by atoms with van der Waals surface area (Å²) >= 11 is 0. The predicted octanol–water partition coefficient (Wildman–Crippen LogP) is 1.87. The molecule has 20 heavy (non-hydrogen) atoms. The fraction of sp³-hybridized carbons (Fsp3) is 0.600. The van der Waals surface area contributed by atoms with Gasteiger partial charge in [-0.2, -0.15) is 0 Å². The van der Waals surface area contributed by atoms with Crippen molar-refractivity contribution < 1.29 is 19.3 Å². The van der Waals surface area contributed by atoms with Crippen LogP contribution in [0.15, 0.2) is 12.1 Å². The number of hydrogen-bond acceptors (Lipinski definition) is 5. The van der Waals surface area contributed by atoms with E-state index in [9.17, 15) is 5.11 Å². The molecule has 0 unspecified atom stereocenters. The lowest BCUT2D eigenvalue weighted by molar-refractivity contribution is 0.0401. The highest BCUT2D eigenvalue weighted by Crippen LogP contribution is 2.42. The topological polar surface area (TPSA) is 73.9 Å². The minimum atomic E-state index is -0.583. The van der Waals surface area contributed by atoms with E-state index in [0.29, 0.717) is 22.8 Å². The summed E-state index contributed by atoms with van der Waals surface area (Å²) in [5, 5.41) is 10.4. The highest BCUT2D eigenvalue weighted by molar-refractivity contribution is 5.52. The maximum Gasteiger partial charge on any atom is 0.131 e. The van der Waals surface area contributed by atoms with E-state index in [-0.39, 0.29) is 5.92 Å². The van der Waals surface area contributed by atoms with Crippen LogP contribution in [0.3, 0.4) is 0 Å². The molecule has 5 nitrogen and oxygen atoms in total. The molecule has 1 aromatic rings. The molecule has 0 spiro atoms.